The molecule has 1 aromatic carbocycles. The van der Waals surface area contributed by atoms with Crippen molar-refractivity contribution in [1.82, 2.24) is 14.3 Å². The van der Waals surface area contributed by atoms with Gasteiger partial charge in [0.25, 0.3) is 11.5 Å². The number of carbonyl (C=O) groups excluding carboxylic acids is 1. The molecule has 7 nitrogen and oxygen atoms in total. The van der Waals surface area contributed by atoms with Gasteiger partial charge < -0.3 is 10.1 Å². The molecule has 2 heterocycles. The molecule has 0 unspecified atom stereocenters. The summed E-state index contributed by atoms with van der Waals surface area (Å²) in [4.78, 5) is 24.9. The molecule has 146 valence electrons. The largest absolute Gasteiger partial charge is 0.487 e. The molecular formula is C17H12BrClF2N4O3. The first-order chi connectivity index (χ1) is 13.1. The Morgan fingerprint density at radius 3 is 2.54 bits per heavy atom. The summed E-state index contributed by atoms with van der Waals surface area (Å²) in [5.74, 6) is -0.666. The number of nitrogens with zero attached hydrogens (tertiary/aromatic N) is 3. The Hall–Kier alpha value is -2.72. The van der Waals surface area contributed by atoms with Crippen LogP contribution in [0.25, 0.3) is 5.69 Å². The van der Waals surface area contributed by atoms with Gasteiger partial charge >= 0.3 is 5.57 Å². The molecule has 0 saturated heterocycles. The Morgan fingerprint density at radius 1 is 1.29 bits per heavy atom. The van der Waals surface area contributed by atoms with Gasteiger partial charge in [-0.15, -0.1) is 8.78 Å². The number of hydrogen-bond donors (Lipinski definition) is 1. The summed E-state index contributed by atoms with van der Waals surface area (Å²) in [6.45, 7) is 0. The highest BCUT2D eigenvalue weighted by molar-refractivity contribution is 9.10. The third-order valence-corrected chi connectivity index (χ3v) is 4.20. The second-order valence-electron chi connectivity index (χ2n) is 5.65. The number of aryl methyl sites for hydroxylation is 1. The molecule has 0 saturated carbocycles. The zero-order chi connectivity index (χ0) is 20.5. The van der Waals surface area contributed by atoms with Crippen LogP contribution in [-0.4, -0.2) is 25.8 Å². The third kappa shape index (κ3) is 4.76. The molecule has 0 aliphatic heterocycles. The zero-order valence-electron chi connectivity index (χ0n) is 14.2. The highest BCUT2D eigenvalue weighted by Gasteiger charge is 2.27. The van der Waals surface area contributed by atoms with Crippen LogP contribution in [-0.2, 0) is 7.05 Å². The number of benzene rings is 1. The SMILES string of the molecule is Cn1cc(-n2cc(C(=O)Nc3ccc(OC(F)(F)Cl)cc3)cc(Br)c2=O)cn1. The fourth-order valence-corrected chi connectivity index (χ4v) is 2.87. The van der Waals surface area contributed by atoms with Gasteiger partial charge in [0.05, 0.1) is 21.9 Å². The Morgan fingerprint density at radius 2 is 1.96 bits per heavy atom. The van der Waals surface area contributed by atoms with Gasteiger partial charge in [0.15, 0.2) is 0 Å². The summed E-state index contributed by atoms with van der Waals surface area (Å²) in [6, 6.07) is 6.61. The minimum Gasteiger partial charge on any atom is -0.420 e. The van der Waals surface area contributed by atoms with Crippen LogP contribution in [0.5, 0.6) is 5.75 Å². The monoisotopic (exact) mass is 472 g/mol. The average Bonchev–Trinajstić information content (AvgIpc) is 3.03. The quantitative estimate of drug-likeness (QED) is 0.573. The van der Waals surface area contributed by atoms with Crippen molar-refractivity contribution in [1.29, 1.82) is 0 Å². The molecule has 28 heavy (non-hydrogen) atoms. The maximum absolute atomic E-state index is 12.6. The minimum atomic E-state index is -3.82. The van der Waals surface area contributed by atoms with Gasteiger partial charge in [-0.1, -0.05) is 0 Å². The van der Waals surface area contributed by atoms with Crippen LogP contribution in [0.15, 0.2) is 58.2 Å². The number of hydrogen-bond acceptors (Lipinski definition) is 4. The van der Waals surface area contributed by atoms with Crippen LogP contribution in [0.2, 0.25) is 0 Å². The van der Waals surface area contributed by atoms with E-state index in [2.05, 4.69) is 31.1 Å². The van der Waals surface area contributed by atoms with E-state index in [0.717, 1.165) is 0 Å². The lowest BCUT2D eigenvalue weighted by atomic mass is 10.2. The van der Waals surface area contributed by atoms with Crippen molar-refractivity contribution < 1.29 is 18.3 Å². The summed E-state index contributed by atoms with van der Waals surface area (Å²) in [5, 5.41) is 6.61. The van der Waals surface area contributed by atoms with E-state index in [-0.39, 0.29) is 21.3 Å². The van der Waals surface area contributed by atoms with Crippen molar-refractivity contribution in [2.24, 2.45) is 7.05 Å². The first-order valence-electron chi connectivity index (χ1n) is 7.71. The zero-order valence-corrected chi connectivity index (χ0v) is 16.5. The normalized spacial score (nSPS) is 11.3. The number of carbonyl (C=O) groups is 1. The molecule has 0 radical (unpaired) electrons. The van der Waals surface area contributed by atoms with E-state index in [9.17, 15) is 18.4 Å². The number of rotatable bonds is 5. The van der Waals surface area contributed by atoms with E-state index in [0.29, 0.717) is 11.4 Å². The standard InChI is InChI=1S/C17H12BrClF2N4O3/c1-24-9-12(7-22-24)25-8-10(6-14(18)16(25)27)15(26)23-11-2-4-13(5-3-11)28-17(19,20)21/h2-9H,1H3,(H,23,26). The first-order valence-corrected chi connectivity index (χ1v) is 8.88. The van der Waals surface area contributed by atoms with E-state index in [1.807, 2.05) is 0 Å². The highest BCUT2D eigenvalue weighted by atomic mass is 79.9. The molecule has 1 amide bonds. The minimum absolute atomic E-state index is 0.161. The van der Waals surface area contributed by atoms with Gasteiger partial charge in [-0.3, -0.25) is 18.8 Å². The van der Waals surface area contributed by atoms with Crippen LogP contribution < -0.4 is 15.6 Å². The van der Waals surface area contributed by atoms with E-state index < -0.39 is 11.5 Å². The van der Waals surface area contributed by atoms with Crippen molar-refractivity contribution in [3.8, 4) is 11.4 Å². The summed E-state index contributed by atoms with van der Waals surface area (Å²) in [5.41, 5.74) is -3.15. The van der Waals surface area contributed by atoms with Crippen LogP contribution in [0, 0.1) is 0 Å². The molecule has 0 fully saturated rings. The topological polar surface area (TPSA) is 78.1 Å². The molecule has 0 spiro atoms. The number of nitrogens with one attached hydrogen (secondary N) is 1. The molecule has 0 bridgehead atoms. The van der Waals surface area contributed by atoms with E-state index in [1.165, 1.54) is 52.0 Å². The fourth-order valence-electron chi connectivity index (χ4n) is 2.34. The Balaban J connectivity index is 1.83. The van der Waals surface area contributed by atoms with Gasteiger partial charge in [-0.05, 0) is 46.3 Å². The number of alkyl halides is 3. The average molecular weight is 474 g/mol. The predicted octanol–water partition coefficient (Wildman–Crippen LogP) is 3.75. The molecule has 11 heteroatoms. The Kier molecular flexibility index (Phi) is 5.52. The molecular weight excluding hydrogens is 462 g/mol. The molecule has 2 aromatic heterocycles. The van der Waals surface area contributed by atoms with E-state index in [4.69, 9.17) is 11.6 Å². The maximum atomic E-state index is 12.6. The number of amides is 1. The number of ether oxygens (including phenoxy) is 1. The van der Waals surface area contributed by atoms with Crippen molar-refractivity contribution in [3.63, 3.8) is 0 Å². The van der Waals surface area contributed by atoms with E-state index in [1.54, 1.807) is 13.2 Å². The van der Waals surface area contributed by atoms with E-state index >= 15 is 0 Å². The maximum Gasteiger partial charge on any atom is 0.487 e. The summed E-state index contributed by atoms with van der Waals surface area (Å²) in [6.07, 6.45) is 4.49. The predicted molar refractivity (Wildman–Crippen MR) is 102 cm³/mol. The Bertz CT molecular complexity index is 1080. The highest BCUT2D eigenvalue weighted by Crippen LogP contribution is 2.26. The van der Waals surface area contributed by atoms with Crippen LogP contribution in [0.1, 0.15) is 10.4 Å². The van der Waals surface area contributed by atoms with Gasteiger partial charge in [-0.25, -0.2) is 0 Å². The summed E-state index contributed by atoms with van der Waals surface area (Å²) < 4.78 is 32.5. The van der Waals surface area contributed by atoms with Crippen molar-refractivity contribution in [2.75, 3.05) is 5.32 Å². The lowest BCUT2D eigenvalue weighted by molar-refractivity contribution is -0.0964. The molecule has 3 rings (SSSR count). The molecule has 0 atom stereocenters. The smallest absolute Gasteiger partial charge is 0.420 e. The van der Waals surface area contributed by atoms with Crippen molar-refractivity contribution in [2.45, 2.75) is 5.57 Å². The van der Waals surface area contributed by atoms with Crippen molar-refractivity contribution in [3.05, 3.63) is 69.3 Å². The van der Waals surface area contributed by atoms with Gasteiger partial charge in [-0.2, -0.15) is 5.10 Å². The van der Waals surface area contributed by atoms with Crippen LogP contribution >= 0.6 is 27.5 Å². The van der Waals surface area contributed by atoms with Crippen molar-refractivity contribution >= 4 is 39.1 Å². The Labute approximate surface area is 170 Å². The van der Waals surface area contributed by atoms with Crippen LogP contribution in [0.4, 0.5) is 14.5 Å². The number of pyridine rings is 1. The third-order valence-electron chi connectivity index (χ3n) is 3.55. The molecule has 1 N–H and O–H groups in total. The van der Waals surface area contributed by atoms with Gasteiger partial charge in [0.1, 0.15) is 5.75 Å². The van der Waals surface area contributed by atoms with Gasteiger partial charge in [0.2, 0.25) is 0 Å². The second kappa shape index (κ2) is 7.72. The van der Waals surface area contributed by atoms with Crippen LogP contribution in [0.3, 0.4) is 0 Å². The number of aromatic nitrogens is 3. The first kappa shape index (κ1) is 20.0. The summed E-state index contributed by atoms with van der Waals surface area (Å²) in [7, 11) is 1.70. The number of anilines is 1. The molecule has 3 aromatic rings. The number of halogens is 4. The summed E-state index contributed by atoms with van der Waals surface area (Å²) >= 11 is 7.85. The molecule has 0 aliphatic rings. The second-order valence-corrected chi connectivity index (χ2v) is 6.94. The molecule has 0 aliphatic carbocycles. The lowest BCUT2D eigenvalue weighted by Gasteiger charge is -2.12. The fraction of sp³-hybridized carbons (Fsp3) is 0.118. The van der Waals surface area contributed by atoms with Gasteiger partial charge in [0, 0.05) is 36.7 Å². The lowest BCUT2D eigenvalue weighted by Crippen LogP contribution is -2.22.